The first kappa shape index (κ1) is 18.1. The molecule has 1 aliphatic heterocycles. The largest absolute Gasteiger partial charge is 0.497 e. The van der Waals surface area contributed by atoms with Gasteiger partial charge in [-0.3, -0.25) is 4.79 Å². The summed E-state index contributed by atoms with van der Waals surface area (Å²) in [7, 11) is 3.00. The second kappa shape index (κ2) is 8.14. The van der Waals surface area contributed by atoms with Crippen molar-refractivity contribution in [2.75, 3.05) is 20.8 Å². The van der Waals surface area contributed by atoms with Gasteiger partial charge in [0.2, 0.25) is 5.88 Å². The zero-order chi connectivity index (χ0) is 18.5. The van der Waals surface area contributed by atoms with Gasteiger partial charge in [-0.05, 0) is 25.0 Å². The summed E-state index contributed by atoms with van der Waals surface area (Å²) in [5, 5.41) is 3.11. The summed E-state index contributed by atoms with van der Waals surface area (Å²) in [5.74, 6) is 0.923. The number of esters is 1. The minimum Gasteiger partial charge on any atom is -0.497 e. The average Bonchev–Trinajstić information content (AvgIpc) is 3.13. The van der Waals surface area contributed by atoms with E-state index in [1.54, 1.807) is 7.11 Å². The highest BCUT2D eigenvalue weighted by atomic mass is 16.5. The number of methoxy groups -OCH3 is 2. The maximum atomic E-state index is 11.7. The number of aryl methyl sites for hydroxylation is 1. The Morgan fingerprint density at radius 2 is 2.19 bits per heavy atom. The summed E-state index contributed by atoms with van der Waals surface area (Å²) in [4.78, 5) is 21.0. The van der Waals surface area contributed by atoms with E-state index in [1.807, 2.05) is 24.3 Å². The van der Waals surface area contributed by atoms with Gasteiger partial charge in [0.05, 0.1) is 25.3 Å². The predicted octanol–water partition coefficient (Wildman–Crippen LogP) is 2.04. The fourth-order valence-corrected chi connectivity index (χ4v) is 2.95. The Kier molecular flexibility index (Phi) is 5.68. The molecule has 0 aliphatic carbocycles. The van der Waals surface area contributed by atoms with E-state index in [9.17, 15) is 4.79 Å². The van der Waals surface area contributed by atoms with Crippen molar-refractivity contribution in [2.24, 2.45) is 0 Å². The van der Waals surface area contributed by atoms with Crippen LogP contribution >= 0.6 is 0 Å². The molecule has 1 aromatic carbocycles. The van der Waals surface area contributed by atoms with Crippen LogP contribution in [0.4, 0.5) is 0 Å². The van der Waals surface area contributed by atoms with Crippen molar-refractivity contribution in [1.29, 1.82) is 0 Å². The summed E-state index contributed by atoms with van der Waals surface area (Å²) in [5.41, 5.74) is 2.27. The number of carbonyl (C=O) groups is 1. The molecule has 2 atom stereocenters. The van der Waals surface area contributed by atoms with Crippen LogP contribution in [0.1, 0.15) is 18.5 Å². The molecule has 7 heteroatoms. The Morgan fingerprint density at radius 1 is 1.35 bits per heavy atom. The molecule has 7 nitrogen and oxygen atoms in total. The molecule has 1 saturated heterocycles. The van der Waals surface area contributed by atoms with Crippen molar-refractivity contribution in [3.63, 3.8) is 0 Å². The predicted molar refractivity (Wildman–Crippen MR) is 97.4 cm³/mol. The molecule has 0 amide bonds. The SMILES string of the molecule is C=CCCc1nc2ccc(OC)cc2nc1OC1CNC(C(=O)OC)C1. The molecule has 26 heavy (non-hydrogen) atoms. The van der Waals surface area contributed by atoms with Crippen molar-refractivity contribution in [3.8, 4) is 11.6 Å². The summed E-state index contributed by atoms with van der Waals surface area (Å²) >= 11 is 0. The molecular formula is C19H23N3O4. The molecule has 0 spiro atoms. The first-order valence-corrected chi connectivity index (χ1v) is 8.58. The van der Waals surface area contributed by atoms with Crippen LogP contribution in [0.3, 0.4) is 0 Å². The zero-order valence-electron chi connectivity index (χ0n) is 15.0. The smallest absolute Gasteiger partial charge is 0.323 e. The third-order valence-corrected chi connectivity index (χ3v) is 4.35. The lowest BCUT2D eigenvalue weighted by Gasteiger charge is -2.15. The summed E-state index contributed by atoms with van der Waals surface area (Å²) in [6, 6.07) is 5.22. The van der Waals surface area contributed by atoms with Crippen molar-refractivity contribution >= 4 is 17.0 Å². The van der Waals surface area contributed by atoms with Crippen molar-refractivity contribution in [2.45, 2.75) is 31.4 Å². The third kappa shape index (κ3) is 3.94. The quantitative estimate of drug-likeness (QED) is 0.600. The number of nitrogens with one attached hydrogen (secondary N) is 1. The van der Waals surface area contributed by atoms with Crippen LogP contribution in [0.5, 0.6) is 11.6 Å². The first-order chi connectivity index (χ1) is 12.6. The Bertz CT molecular complexity index is 809. The number of aromatic nitrogens is 2. The molecule has 1 N–H and O–H groups in total. The number of fused-ring (bicyclic) bond motifs is 1. The second-order valence-corrected chi connectivity index (χ2v) is 6.12. The first-order valence-electron chi connectivity index (χ1n) is 8.58. The number of benzene rings is 1. The fraction of sp³-hybridized carbons (Fsp3) is 0.421. The molecule has 1 aliphatic rings. The molecule has 1 aromatic heterocycles. The minimum atomic E-state index is -0.352. The van der Waals surface area contributed by atoms with Crippen LogP contribution in [-0.2, 0) is 16.0 Å². The number of rotatable bonds is 7. The summed E-state index contributed by atoms with van der Waals surface area (Å²) in [6.07, 6.45) is 3.67. The Hall–Kier alpha value is -2.67. The Morgan fingerprint density at radius 3 is 2.92 bits per heavy atom. The molecule has 2 aromatic rings. The van der Waals surface area contributed by atoms with Crippen molar-refractivity contribution in [3.05, 3.63) is 36.5 Å². The normalized spacial score (nSPS) is 19.3. The lowest BCUT2D eigenvalue weighted by atomic mass is 10.2. The highest BCUT2D eigenvalue weighted by Gasteiger charge is 2.32. The molecule has 0 bridgehead atoms. The fourth-order valence-electron chi connectivity index (χ4n) is 2.95. The van der Waals surface area contributed by atoms with E-state index >= 15 is 0 Å². The molecule has 3 rings (SSSR count). The van der Waals surface area contributed by atoms with Crippen molar-refractivity contribution in [1.82, 2.24) is 15.3 Å². The number of nitrogens with zero attached hydrogens (tertiary/aromatic N) is 2. The van der Waals surface area contributed by atoms with Gasteiger partial charge >= 0.3 is 5.97 Å². The van der Waals surface area contributed by atoms with Crippen LogP contribution in [-0.4, -0.2) is 48.8 Å². The molecule has 1 fully saturated rings. The Labute approximate surface area is 152 Å². The van der Waals surface area contributed by atoms with Gasteiger partial charge in [0.1, 0.15) is 23.6 Å². The molecule has 2 heterocycles. The van der Waals surface area contributed by atoms with Gasteiger partial charge in [-0.2, -0.15) is 0 Å². The van der Waals surface area contributed by atoms with Crippen LogP contribution in [0, 0.1) is 0 Å². The molecule has 138 valence electrons. The van der Waals surface area contributed by atoms with Crippen LogP contribution in [0.2, 0.25) is 0 Å². The van der Waals surface area contributed by atoms with Gasteiger partial charge < -0.3 is 19.5 Å². The number of hydrogen-bond donors (Lipinski definition) is 1. The van der Waals surface area contributed by atoms with Gasteiger partial charge in [0.25, 0.3) is 0 Å². The number of ether oxygens (including phenoxy) is 3. The molecular weight excluding hydrogens is 334 g/mol. The molecule has 0 radical (unpaired) electrons. The van der Waals surface area contributed by atoms with Crippen LogP contribution in [0.25, 0.3) is 11.0 Å². The summed E-state index contributed by atoms with van der Waals surface area (Å²) < 4.78 is 16.1. The maximum absolute atomic E-state index is 11.7. The van der Waals surface area contributed by atoms with E-state index < -0.39 is 0 Å². The summed E-state index contributed by atoms with van der Waals surface area (Å²) in [6.45, 7) is 4.32. The van der Waals surface area contributed by atoms with Gasteiger partial charge in [0.15, 0.2) is 0 Å². The van der Waals surface area contributed by atoms with Crippen LogP contribution < -0.4 is 14.8 Å². The van der Waals surface area contributed by atoms with E-state index in [0.29, 0.717) is 36.5 Å². The average molecular weight is 357 g/mol. The topological polar surface area (TPSA) is 82.6 Å². The molecule has 2 unspecified atom stereocenters. The van der Waals surface area contributed by atoms with E-state index in [-0.39, 0.29) is 18.1 Å². The number of allylic oxidation sites excluding steroid dienone is 1. The van der Waals surface area contributed by atoms with Gasteiger partial charge in [-0.15, -0.1) is 6.58 Å². The lowest BCUT2D eigenvalue weighted by molar-refractivity contribution is -0.142. The maximum Gasteiger partial charge on any atom is 0.323 e. The van der Waals surface area contributed by atoms with E-state index in [0.717, 1.165) is 17.6 Å². The standard InChI is InChI=1S/C19H23N3O4/c1-4-5-6-15-18(26-13-10-17(20-11-13)19(23)25-3)22-16-9-12(24-2)7-8-14(16)21-15/h4,7-9,13,17,20H,1,5-6,10-11H2,2-3H3. The van der Waals surface area contributed by atoms with E-state index in [4.69, 9.17) is 19.2 Å². The second-order valence-electron chi connectivity index (χ2n) is 6.12. The Balaban J connectivity index is 1.86. The number of carbonyl (C=O) groups excluding carboxylic acids is 1. The van der Waals surface area contributed by atoms with Crippen LogP contribution in [0.15, 0.2) is 30.9 Å². The highest BCUT2D eigenvalue weighted by molar-refractivity contribution is 5.77. The molecule has 0 saturated carbocycles. The third-order valence-electron chi connectivity index (χ3n) is 4.35. The zero-order valence-corrected chi connectivity index (χ0v) is 15.0. The lowest BCUT2D eigenvalue weighted by Crippen LogP contribution is -2.31. The highest BCUT2D eigenvalue weighted by Crippen LogP contribution is 2.26. The van der Waals surface area contributed by atoms with E-state index in [2.05, 4.69) is 16.9 Å². The van der Waals surface area contributed by atoms with Gasteiger partial charge in [0, 0.05) is 19.0 Å². The van der Waals surface area contributed by atoms with Crippen molar-refractivity contribution < 1.29 is 19.0 Å². The number of hydrogen-bond acceptors (Lipinski definition) is 7. The minimum absolute atomic E-state index is 0.168. The van der Waals surface area contributed by atoms with E-state index in [1.165, 1.54) is 7.11 Å². The van der Waals surface area contributed by atoms with Gasteiger partial charge in [-0.25, -0.2) is 9.97 Å². The van der Waals surface area contributed by atoms with Gasteiger partial charge in [-0.1, -0.05) is 6.08 Å². The monoisotopic (exact) mass is 357 g/mol.